The number of carbonyl (C=O) groups excluding carboxylic acids is 2. The van der Waals surface area contributed by atoms with Crippen LogP contribution >= 0.6 is 58.0 Å². The van der Waals surface area contributed by atoms with Crippen LogP contribution in [0.1, 0.15) is 29.6 Å². The Labute approximate surface area is 324 Å². The zero-order valence-corrected chi connectivity index (χ0v) is 32.0. The Bertz CT molecular complexity index is 2550. The Kier molecular flexibility index (Phi) is 9.09. The smallest absolute Gasteiger partial charge is 0.347 e. The molecule has 0 unspecified atom stereocenters. The van der Waals surface area contributed by atoms with Crippen molar-refractivity contribution in [2.75, 3.05) is 21.3 Å². The Morgan fingerprint density at radius 1 is 0.887 bits per heavy atom. The highest BCUT2D eigenvalue weighted by atomic mass is 35.5. The van der Waals surface area contributed by atoms with Gasteiger partial charge in [-0.3, -0.25) is 14.4 Å². The molecule has 4 aromatic rings. The summed E-state index contributed by atoms with van der Waals surface area (Å²) in [6.07, 6.45) is 1.06. The van der Waals surface area contributed by atoms with Crippen LogP contribution in [-0.4, -0.2) is 71.2 Å². The van der Waals surface area contributed by atoms with Crippen molar-refractivity contribution in [1.82, 2.24) is 23.5 Å². The highest BCUT2D eigenvalue weighted by molar-refractivity contribution is 6.66. The van der Waals surface area contributed by atoms with E-state index in [0.29, 0.717) is 28.1 Å². The van der Waals surface area contributed by atoms with E-state index in [0.717, 1.165) is 9.25 Å². The number of hydrogen-bond donors (Lipinski definition) is 1. The molecular weight excluding hydrogens is 800 g/mol. The van der Waals surface area contributed by atoms with E-state index in [9.17, 15) is 29.1 Å². The lowest BCUT2D eigenvalue weighted by Gasteiger charge is -2.54. The van der Waals surface area contributed by atoms with Crippen LogP contribution in [0.3, 0.4) is 0 Å². The number of fused-ring (bicyclic) bond motifs is 5. The molecule has 2 aromatic carbocycles. The predicted octanol–water partition coefficient (Wildman–Crippen LogP) is 4.15. The summed E-state index contributed by atoms with van der Waals surface area (Å²) in [6.45, 7) is -0.395. The van der Waals surface area contributed by atoms with Crippen LogP contribution in [-0.2, 0) is 36.1 Å². The topological polar surface area (TPSA) is 166 Å². The summed E-state index contributed by atoms with van der Waals surface area (Å²) < 4.78 is 20.7. The third-order valence-electron chi connectivity index (χ3n) is 10.2. The predicted molar refractivity (Wildman–Crippen MR) is 197 cm³/mol. The summed E-state index contributed by atoms with van der Waals surface area (Å²) in [5, 5.41) is 9.10. The van der Waals surface area contributed by atoms with Gasteiger partial charge in [0.2, 0.25) is 0 Å². The van der Waals surface area contributed by atoms with E-state index in [4.69, 9.17) is 72.2 Å². The fourth-order valence-corrected chi connectivity index (χ4v) is 9.33. The monoisotopic (exact) mass is 825 g/mol. The fourth-order valence-electron chi connectivity index (χ4n) is 7.59. The van der Waals surface area contributed by atoms with Crippen molar-refractivity contribution in [2.45, 2.75) is 47.6 Å². The minimum absolute atomic E-state index is 0.0769. The van der Waals surface area contributed by atoms with Crippen molar-refractivity contribution in [3.63, 3.8) is 0 Å². The van der Waals surface area contributed by atoms with Gasteiger partial charge in [-0.2, -0.15) is 0 Å². The Morgan fingerprint density at radius 2 is 1.53 bits per heavy atom. The second-order valence-corrected chi connectivity index (χ2v) is 15.1. The van der Waals surface area contributed by atoms with Gasteiger partial charge >= 0.3 is 11.4 Å². The molecule has 53 heavy (non-hydrogen) atoms. The number of Topliss-reactive ketones (excluding diaryl/α,β-unsaturated/α-hetero) is 2. The Balaban J connectivity index is 1.35. The summed E-state index contributed by atoms with van der Waals surface area (Å²) in [5.41, 5.74) is -0.427. The average Bonchev–Trinajstić information content (AvgIpc) is 3.39. The van der Waals surface area contributed by atoms with Gasteiger partial charge in [0.05, 0.1) is 50.0 Å². The number of aromatic hydroxyl groups is 1. The number of aromatic nitrogens is 5. The van der Waals surface area contributed by atoms with Crippen molar-refractivity contribution >= 4 is 80.6 Å². The molecule has 14 nitrogen and oxygen atoms in total. The molecule has 4 atom stereocenters. The Morgan fingerprint density at radius 3 is 2.19 bits per heavy atom. The first kappa shape index (κ1) is 37.1. The molecule has 1 aliphatic heterocycles. The zero-order valence-electron chi connectivity index (χ0n) is 28.2. The molecule has 2 aromatic heterocycles. The quantitative estimate of drug-likeness (QED) is 0.211. The number of halogens is 5. The van der Waals surface area contributed by atoms with Crippen LogP contribution in [0.5, 0.6) is 23.0 Å². The third kappa shape index (κ3) is 5.13. The largest absolute Gasteiger partial charge is 0.503 e. The summed E-state index contributed by atoms with van der Waals surface area (Å²) >= 11 is 33.4. The van der Waals surface area contributed by atoms with Crippen molar-refractivity contribution in [1.29, 1.82) is 0 Å². The molecule has 0 saturated heterocycles. The second kappa shape index (κ2) is 13.0. The van der Waals surface area contributed by atoms with E-state index in [1.54, 1.807) is 25.3 Å². The number of ether oxygens (including phenoxy) is 3. The van der Waals surface area contributed by atoms with Crippen LogP contribution in [0.4, 0.5) is 0 Å². The summed E-state index contributed by atoms with van der Waals surface area (Å²) in [6, 6.07) is 4.82. The molecular formula is C34H28Cl5N5O9. The summed E-state index contributed by atoms with van der Waals surface area (Å²) in [7, 11) is 5.79. The van der Waals surface area contributed by atoms with E-state index in [1.165, 1.54) is 42.7 Å². The van der Waals surface area contributed by atoms with Gasteiger partial charge in [0.1, 0.15) is 25.5 Å². The van der Waals surface area contributed by atoms with E-state index in [1.807, 2.05) is 0 Å². The maximum Gasteiger partial charge on any atom is 0.347 e. The SMILES string of the molecule is COc1cc2nc(CCn3c(=O)n4n(c3=O)[C@@H]3C[C@@]5(Cl)C(=O)C(Cl)=C(Cl)C(=O)[C@@]5(Cl)[C@@H](c5cc(Cl)c(O)c(OC)c5)C3=CC4)c(=O)n(C)c2cc1OC. The van der Waals surface area contributed by atoms with Crippen molar-refractivity contribution in [3.05, 3.63) is 93.6 Å². The maximum absolute atomic E-state index is 14.3. The molecule has 0 amide bonds. The number of nitrogens with zero attached hydrogens (tertiary/aromatic N) is 5. The number of alkyl halides is 2. The average molecular weight is 828 g/mol. The van der Waals surface area contributed by atoms with E-state index < -0.39 is 72.4 Å². The number of methoxy groups -OCH3 is 3. The molecule has 3 heterocycles. The number of ketones is 2. The number of phenolic OH excluding ortho intramolecular Hbond substituents is 1. The van der Waals surface area contributed by atoms with Crippen molar-refractivity contribution in [3.8, 4) is 23.0 Å². The molecule has 0 radical (unpaired) electrons. The molecule has 0 spiro atoms. The number of hydrogen-bond acceptors (Lipinski definition) is 10. The van der Waals surface area contributed by atoms with Gasteiger partial charge in [-0.15, -0.1) is 23.2 Å². The second-order valence-electron chi connectivity index (χ2n) is 12.7. The van der Waals surface area contributed by atoms with Crippen LogP contribution in [0, 0.1) is 0 Å². The number of benzene rings is 2. The fraction of sp³-hybridized carbons (Fsp3) is 0.353. The van der Waals surface area contributed by atoms with Gasteiger partial charge in [-0.05, 0) is 23.3 Å². The third-order valence-corrected chi connectivity index (χ3v) is 12.7. The molecule has 1 fully saturated rings. The van der Waals surface area contributed by atoms with Gasteiger partial charge in [-0.1, -0.05) is 40.9 Å². The number of carbonyl (C=O) groups is 2. The highest BCUT2D eigenvalue weighted by Crippen LogP contribution is 2.64. The molecule has 278 valence electrons. The first-order valence-electron chi connectivity index (χ1n) is 15.9. The maximum atomic E-state index is 14.3. The van der Waals surface area contributed by atoms with Gasteiger partial charge < -0.3 is 23.9 Å². The van der Waals surface area contributed by atoms with Crippen molar-refractivity contribution in [2.24, 2.45) is 7.05 Å². The van der Waals surface area contributed by atoms with Crippen molar-refractivity contribution < 1.29 is 28.9 Å². The molecule has 3 aliphatic rings. The standard InChI is InChI=1S/C34H28Cl5N5O9/c1-41-19-12-22(52-3)21(51-2)11-18(19)40-17(30(41)48)6-7-42-31(49)43-8-5-15-20(44(43)32(42)50)13-33(38)28(46)25(36)26(37)29(47)34(33,39)24(15)14-9-16(35)27(45)23(10-14)53-4/h5,9-12,20,24,45H,6-8,13H2,1-4H3/t20-,24+,33-,34+/m1/s1. The lowest BCUT2D eigenvalue weighted by Crippen LogP contribution is -2.67. The Hall–Kier alpha value is -4.21. The molecule has 2 aliphatic carbocycles. The lowest BCUT2D eigenvalue weighted by molar-refractivity contribution is -0.128. The van der Waals surface area contributed by atoms with Gasteiger partial charge in [0.15, 0.2) is 34.6 Å². The summed E-state index contributed by atoms with van der Waals surface area (Å²) in [5.74, 6) is -2.88. The van der Waals surface area contributed by atoms with Crippen LogP contribution < -0.4 is 31.1 Å². The number of allylic oxidation sites excluding steroid dienone is 4. The number of phenols is 1. The van der Waals surface area contributed by atoms with Gasteiger partial charge in [0.25, 0.3) is 5.56 Å². The number of rotatable bonds is 7. The molecule has 0 bridgehead atoms. The normalized spacial score (nSPS) is 23.8. The van der Waals surface area contributed by atoms with Crippen LogP contribution in [0.15, 0.2) is 60.4 Å². The minimum Gasteiger partial charge on any atom is -0.503 e. The molecule has 1 N–H and O–H groups in total. The first-order chi connectivity index (χ1) is 25.0. The van der Waals surface area contributed by atoms with E-state index >= 15 is 0 Å². The summed E-state index contributed by atoms with van der Waals surface area (Å²) in [4.78, 5) is 69.4. The first-order valence-corrected chi connectivity index (χ1v) is 17.8. The number of aryl methyl sites for hydroxylation is 2. The molecule has 1 saturated carbocycles. The molecule has 19 heteroatoms. The van der Waals surface area contributed by atoms with Gasteiger partial charge in [-0.25, -0.2) is 28.5 Å². The molecule has 7 rings (SSSR count). The van der Waals surface area contributed by atoms with Crippen LogP contribution in [0.2, 0.25) is 5.02 Å². The van der Waals surface area contributed by atoms with E-state index in [2.05, 4.69) is 4.98 Å². The van der Waals surface area contributed by atoms with Crippen LogP contribution in [0.25, 0.3) is 11.0 Å². The zero-order chi connectivity index (χ0) is 38.5. The van der Waals surface area contributed by atoms with Gasteiger partial charge in [0, 0.05) is 44.5 Å². The lowest BCUT2D eigenvalue weighted by atomic mass is 9.59. The minimum atomic E-state index is -2.31. The highest BCUT2D eigenvalue weighted by Gasteiger charge is 2.71. The van der Waals surface area contributed by atoms with E-state index in [-0.39, 0.29) is 41.5 Å².